The third-order valence-electron chi connectivity index (χ3n) is 4.80. The van der Waals surface area contributed by atoms with Crippen molar-refractivity contribution in [1.82, 2.24) is 0 Å². The van der Waals surface area contributed by atoms with E-state index < -0.39 is 15.7 Å². The zero-order valence-electron chi connectivity index (χ0n) is 15.4. The fourth-order valence-corrected chi connectivity index (χ4v) is 3.22. The number of hydrogen-bond acceptors (Lipinski definition) is 8. The van der Waals surface area contributed by atoms with E-state index in [1.807, 2.05) is 6.07 Å². The van der Waals surface area contributed by atoms with Gasteiger partial charge in [0.05, 0.1) is 45.3 Å². The van der Waals surface area contributed by atoms with Crippen molar-refractivity contribution in [3.05, 3.63) is 73.6 Å². The number of halogens is 1. The fourth-order valence-electron chi connectivity index (χ4n) is 3.22. The molecule has 30 heavy (non-hydrogen) atoms. The van der Waals surface area contributed by atoms with Crippen LogP contribution in [0, 0.1) is 54.1 Å². The van der Waals surface area contributed by atoms with E-state index in [0.29, 0.717) is 5.56 Å². The van der Waals surface area contributed by atoms with E-state index in [2.05, 4.69) is 4.90 Å². The summed E-state index contributed by atoms with van der Waals surface area (Å²) >= 11 is 0. The first-order valence-corrected chi connectivity index (χ1v) is 8.64. The largest absolute Gasteiger partial charge is 0.380 e. The van der Waals surface area contributed by atoms with E-state index in [9.17, 15) is 24.6 Å². The smallest absolute Gasteiger partial charge is 0.270 e. The predicted molar refractivity (Wildman–Crippen MR) is 101 cm³/mol. The van der Waals surface area contributed by atoms with Gasteiger partial charge in [0.15, 0.2) is 0 Å². The number of ether oxygens (including phenoxy) is 1. The second-order valence-electron chi connectivity index (χ2n) is 6.95. The predicted octanol–water partition coefficient (Wildman–Crippen LogP) is 2.91. The van der Waals surface area contributed by atoms with Crippen LogP contribution in [0.3, 0.4) is 0 Å². The number of rotatable bonds is 3. The molecular formula is C19H14FN5O5. The number of nitro benzene ring substituents is 2. The average molecular weight is 411 g/mol. The average Bonchev–Trinajstić information content (AvgIpc) is 2.66. The summed E-state index contributed by atoms with van der Waals surface area (Å²) in [5.41, 5.74) is 0.753. The Kier molecular flexibility index (Phi) is 5.58. The van der Waals surface area contributed by atoms with Crippen molar-refractivity contribution in [2.45, 2.75) is 0 Å². The van der Waals surface area contributed by atoms with Gasteiger partial charge < -0.3 is 9.64 Å². The minimum atomic E-state index is -0.747. The molecule has 152 valence electrons. The van der Waals surface area contributed by atoms with Crippen LogP contribution >= 0.6 is 0 Å². The minimum absolute atomic E-state index is 0.0440. The lowest BCUT2D eigenvalue weighted by atomic mass is 9.77. The van der Waals surface area contributed by atoms with Crippen molar-refractivity contribution in [3.63, 3.8) is 0 Å². The van der Waals surface area contributed by atoms with Crippen LogP contribution in [-0.4, -0.2) is 36.1 Å². The molecule has 2 saturated heterocycles. The molecule has 2 aromatic carbocycles. The molecule has 2 aliphatic heterocycles. The van der Waals surface area contributed by atoms with Crippen molar-refractivity contribution in [3.8, 4) is 12.1 Å². The summed E-state index contributed by atoms with van der Waals surface area (Å²) in [4.78, 5) is 21.7. The van der Waals surface area contributed by atoms with Crippen LogP contribution in [0.4, 0.5) is 21.5 Å². The van der Waals surface area contributed by atoms with Gasteiger partial charge in [-0.15, -0.1) is 0 Å². The lowest BCUT2D eigenvalue weighted by Crippen LogP contribution is -2.66. The highest BCUT2D eigenvalue weighted by Crippen LogP contribution is 2.41. The van der Waals surface area contributed by atoms with Gasteiger partial charge in [0.1, 0.15) is 18.0 Å². The Labute approximate surface area is 169 Å². The second kappa shape index (κ2) is 8.11. The van der Waals surface area contributed by atoms with E-state index in [1.165, 1.54) is 18.2 Å². The van der Waals surface area contributed by atoms with E-state index in [-0.39, 0.29) is 22.4 Å². The van der Waals surface area contributed by atoms with Gasteiger partial charge >= 0.3 is 0 Å². The highest BCUT2D eigenvalue weighted by atomic mass is 19.1. The van der Waals surface area contributed by atoms with Crippen molar-refractivity contribution in [1.29, 1.82) is 10.5 Å². The normalized spacial score (nSPS) is 15.5. The molecule has 4 rings (SSSR count). The highest BCUT2D eigenvalue weighted by Gasteiger charge is 2.49. The quantitative estimate of drug-likeness (QED) is 0.553. The molecule has 2 aliphatic rings. The van der Waals surface area contributed by atoms with E-state index in [1.54, 1.807) is 6.07 Å². The number of non-ortho nitro benzene ring substituents is 2. The monoisotopic (exact) mass is 411 g/mol. The number of nitro groups is 2. The number of anilines is 1. The first-order chi connectivity index (χ1) is 14.3. The van der Waals surface area contributed by atoms with Crippen molar-refractivity contribution in [2.75, 3.05) is 31.2 Å². The lowest BCUT2D eigenvalue weighted by molar-refractivity contribution is -0.385. The summed E-state index contributed by atoms with van der Waals surface area (Å²) in [7, 11) is 0. The molecule has 0 atom stereocenters. The van der Waals surface area contributed by atoms with Crippen LogP contribution in [-0.2, 0) is 4.74 Å². The first kappa shape index (κ1) is 20.6. The molecule has 0 saturated carbocycles. The summed E-state index contributed by atoms with van der Waals surface area (Å²) in [5.74, 6) is -0.747. The molecule has 0 N–H and O–H groups in total. The van der Waals surface area contributed by atoms with E-state index in [0.717, 1.165) is 50.2 Å². The number of hydrogen-bond donors (Lipinski definition) is 0. The van der Waals surface area contributed by atoms with Gasteiger partial charge in [-0.3, -0.25) is 20.2 Å². The molecule has 11 heteroatoms. The standard InChI is InChI=1S/C12H11N3O3.C7H3FN2O2/c13-4-9-3-10(15(16)17)1-2-11(9)14-5-12(6-14)7-18-8-12;8-7-2-1-6(10(11)12)3-5(7)4-9/h1-3H,5-8H2;1-3H. The summed E-state index contributed by atoms with van der Waals surface area (Å²) < 4.78 is 17.8. The summed E-state index contributed by atoms with van der Waals surface area (Å²) in [6.07, 6.45) is 0. The van der Waals surface area contributed by atoms with Gasteiger partial charge in [0.25, 0.3) is 11.4 Å². The van der Waals surface area contributed by atoms with Crippen LogP contribution in [0.15, 0.2) is 36.4 Å². The van der Waals surface area contributed by atoms with Crippen molar-refractivity contribution in [2.24, 2.45) is 5.41 Å². The zero-order valence-corrected chi connectivity index (χ0v) is 15.4. The van der Waals surface area contributed by atoms with Crippen LogP contribution in [0.1, 0.15) is 11.1 Å². The molecule has 1 spiro atoms. The number of nitrogens with zero attached hydrogens (tertiary/aromatic N) is 5. The highest BCUT2D eigenvalue weighted by molar-refractivity contribution is 5.64. The third-order valence-corrected chi connectivity index (χ3v) is 4.80. The van der Waals surface area contributed by atoms with E-state index >= 15 is 0 Å². The summed E-state index contributed by atoms with van der Waals surface area (Å²) in [6, 6.07) is 10.8. The maximum absolute atomic E-state index is 12.6. The molecule has 0 aromatic heterocycles. The third kappa shape index (κ3) is 4.01. The fraction of sp³-hybridized carbons (Fsp3) is 0.263. The van der Waals surface area contributed by atoms with Crippen LogP contribution in [0.5, 0.6) is 0 Å². The Morgan fingerprint density at radius 1 is 0.967 bits per heavy atom. The molecule has 2 aromatic rings. The van der Waals surface area contributed by atoms with Gasteiger partial charge in [-0.1, -0.05) is 0 Å². The van der Waals surface area contributed by atoms with Crippen LogP contribution in [0.25, 0.3) is 0 Å². The summed E-state index contributed by atoms with van der Waals surface area (Å²) in [5, 5.41) is 38.2. The number of benzene rings is 2. The molecule has 0 amide bonds. The van der Waals surface area contributed by atoms with Gasteiger partial charge in [-0.05, 0) is 12.1 Å². The van der Waals surface area contributed by atoms with Crippen molar-refractivity contribution >= 4 is 17.1 Å². The Morgan fingerprint density at radius 2 is 1.50 bits per heavy atom. The van der Waals surface area contributed by atoms with Crippen LogP contribution < -0.4 is 4.90 Å². The molecule has 0 bridgehead atoms. The molecule has 2 fully saturated rings. The Morgan fingerprint density at radius 3 is 1.97 bits per heavy atom. The first-order valence-electron chi connectivity index (χ1n) is 8.64. The SMILES string of the molecule is N#Cc1cc([N+](=O)[O-])ccc1F.N#Cc1cc([N+](=O)[O-])ccc1N1CC2(COC2)C1. The molecule has 0 aliphatic carbocycles. The maximum Gasteiger partial charge on any atom is 0.270 e. The topological polar surface area (TPSA) is 146 Å². The van der Waals surface area contributed by atoms with Gasteiger partial charge in [-0.2, -0.15) is 10.5 Å². The minimum Gasteiger partial charge on any atom is -0.380 e. The molecule has 0 radical (unpaired) electrons. The Bertz CT molecular complexity index is 1100. The van der Waals surface area contributed by atoms with Gasteiger partial charge in [-0.25, -0.2) is 4.39 Å². The van der Waals surface area contributed by atoms with Gasteiger partial charge in [0.2, 0.25) is 0 Å². The second-order valence-corrected chi connectivity index (χ2v) is 6.95. The Balaban J connectivity index is 0.000000187. The molecule has 10 nitrogen and oxygen atoms in total. The van der Waals surface area contributed by atoms with Crippen LogP contribution in [0.2, 0.25) is 0 Å². The molecule has 0 unspecified atom stereocenters. The summed E-state index contributed by atoms with van der Waals surface area (Å²) in [6.45, 7) is 3.27. The van der Waals surface area contributed by atoms with Crippen molar-refractivity contribution < 1.29 is 19.0 Å². The number of nitriles is 2. The molecule has 2 heterocycles. The Hall–Kier alpha value is -4.09. The maximum atomic E-state index is 12.6. The van der Waals surface area contributed by atoms with Gasteiger partial charge in [0, 0.05) is 37.4 Å². The van der Waals surface area contributed by atoms with E-state index in [4.69, 9.17) is 15.3 Å². The zero-order chi connectivity index (χ0) is 21.9. The lowest BCUT2D eigenvalue weighted by Gasteiger charge is -2.56. The molecular weight excluding hydrogens is 397 g/mol.